The first-order chi connectivity index (χ1) is 12.0. The van der Waals surface area contributed by atoms with Gasteiger partial charge in [0, 0.05) is 23.4 Å². The number of amides is 1. The molecule has 0 aromatic heterocycles. The highest BCUT2D eigenvalue weighted by Gasteiger charge is 2.32. The Morgan fingerprint density at radius 1 is 1.12 bits per heavy atom. The van der Waals surface area contributed by atoms with Crippen molar-refractivity contribution in [2.24, 2.45) is 0 Å². The molecule has 0 aliphatic heterocycles. The maximum atomic E-state index is 12.4. The molecule has 2 rings (SSSR count). The zero-order chi connectivity index (χ0) is 19.4. The Morgan fingerprint density at radius 2 is 1.81 bits per heavy atom. The topological polar surface area (TPSA) is 84.5 Å². The monoisotopic (exact) mass is 388 g/mol. The van der Waals surface area contributed by atoms with Crippen LogP contribution >= 0.6 is 0 Å². The van der Waals surface area contributed by atoms with E-state index in [2.05, 4.69) is 14.8 Å². The lowest BCUT2D eigenvalue weighted by atomic mass is 10.1. The number of carbonyl (C=O) groups excluding carboxylic acids is 1. The van der Waals surface area contributed by atoms with E-state index < -0.39 is 28.0 Å². The predicted molar refractivity (Wildman–Crippen MR) is 89.2 cm³/mol. The minimum absolute atomic E-state index is 0.142. The van der Waals surface area contributed by atoms with E-state index in [4.69, 9.17) is 0 Å². The van der Waals surface area contributed by atoms with Crippen molar-refractivity contribution in [1.29, 1.82) is 0 Å². The van der Waals surface area contributed by atoms with Gasteiger partial charge in [-0.15, -0.1) is 13.2 Å². The zero-order valence-corrected chi connectivity index (χ0v) is 14.3. The molecule has 2 aromatic rings. The molecule has 0 unspecified atom stereocenters. The van der Waals surface area contributed by atoms with Gasteiger partial charge in [0.2, 0.25) is 10.0 Å². The van der Waals surface area contributed by atoms with Crippen molar-refractivity contribution in [3.8, 4) is 5.75 Å². The van der Waals surface area contributed by atoms with Gasteiger partial charge < -0.3 is 10.1 Å². The quantitative estimate of drug-likeness (QED) is 0.797. The first-order valence-corrected chi connectivity index (χ1v) is 9.12. The van der Waals surface area contributed by atoms with Crippen LogP contribution in [0.2, 0.25) is 0 Å². The average molecular weight is 388 g/mol. The predicted octanol–water partition coefficient (Wildman–Crippen LogP) is 2.89. The summed E-state index contributed by atoms with van der Waals surface area (Å²) in [6, 6.07) is 11.1. The molecule has 0 heterocycles. The lowest BCUT2D eigenvalue weighted by molar-refractivity contribution is -0.274. The first kappa shape index (κ1) is 19.6. The molecule has 0 atom stereocenters. The third kappa shape index (κ3) is 6.28. The molecule has 6 nitrogen and oxygen atoms in total. The highest BCUT2D eigenvalue weighted by Crippen LogP contribution is 2.26. The molecule has 0 aliphatic rings. The Labute approximate surface area is 148 Å². The van der Waals surface area contributed by atoms with Crippen molar-refractivity contribution in [3.05, 3.63) is 59.7 Å². The summed E-state index contributed by atoms with van der Waals surface area (Å²) in [6.45, 7) is -0.200. The van der Waals surface area contributed by atoms with E-state index >= 15 is 0 Å². The van der Waals surface area contributed by atoms with Crippen LogP contribution in [-0.2, 0) is 16.6 Å². The number of halogens is 3. The Kier molecular flexibility index (Phi) is 5.76. The summed E-state index contributed by atoms with van der Waals surface area (Å²) >= 11 is 0. The van der Waals surface area contributed by atoms with Crippen molar-refractivity contribution in [2.45, 2.75) is 12.9 Å². The number of hydrogen-bond donors (Lipinski definition) is 2. The number of hydrogen-bond acceptors (Lipinski definition) is 4. The van der Waals surface area contributed by atoms with Crippen molar-refractivity contribution in [1.82, 2.24) is 5.32 Å². The second-order valence-electron chi connectivity index (χ2n) is 5.29. The van der Waals surface area contributed by atoms with Crippen LogP contribution in [0.5, 0.6) is 5.75 Å². The summed E-state index contributed by atoms with van der Waals surface area (Å²) in [6.07, 6.45) is -3.87. The van der Waals surface area contributed by atoms with Crippen molar-refractivity contribution in [2.75, 3.05) is 11.0 Å². The first-order valence-electron chi connectivity index (χ1n) is 7.23. The fraction of sp³-hybridized carbons (Fsp3) is 0.188. The van der Waals surface area contributed by atoms with E-state index in [1.807, 2.05) is 0 Å². The maximum absolute atomic E-state index is 12.4. The number of carbonyl (C=O) groups is 1. The number of sulfonamides is 1. The Morgan fingerprint density at radius 3 is 2.46 bits per heavy atom. The van der Waals surface area contributed by atoms with E-state index in [9.17, 15) is 26.4 Å². The molecule has 2 aromatic carbocycles. The molecule has 0 saturated heterocycles. The van der Waals surface area contributed by atoms with Crippen LogP contribution in [0.4, 0.5) is 18.9 Å². The Bertz CT molecular complexity index is 898. The molecule has 0 saturated carbocycles. The largest absolute Gasteiger partial charge is 0.573 e. The van der Waals surface area contributed by atoms with Gasteiger partial charge in [0.05, 0.1) is 6.26 Å². The van der Waals surface area contributed by atoms with Crippen molar-refractivity contribution >= 4 is 21.6 Å². The van der Waals surface area contributed by atoms with E-state index in [0.29, 0.717) is 0 Å². The third-order valence-corrected chi connectivity index (χ3v) is 3.67. The van der Waals surface area contributed by atoms with Gasteiger partial charge in [0.25, 0.3) is 5.91 Å². The van der Waals surface area contributed by atoms with Gasteiger partial charge in [0.15, 0.2) is 0 Å². The van der Waals surface area contributed by atoms with Gasteiger partial charge in [0.1, 0.15) is 5.75 Å². The number of benzene rings is 2. The van der Waals surface area contributed by atoms with Crippen LogP contribution in [0.15, 0.2) is 48.5 Å². The number of ether oxygens (including phenoxy) is 1. The second kappa shape index (κ2) is 7.65. The van der Waals surface area contributed by atoms with E-state index in [-0.39, 0.29) is 23.4 Å². The highest BCUT2D eigenvalue weighted by atomic mass is 32.2. The van der Waals surface area contributed by atoms with Gasteiger partial charge >= 0.3 is 6.36 Å². The summed E-state index contributed by atoms with van der Waals surface area (Å²) in [5.41, 5.74) is 0.484. The third-order valence-electron chi connectivity index (χ3n) is 3.07. The molecule has 1 amide bonds. The lowest BCUT2D eigenvalue weighted by Crippen LogP contribution is -2.24. The summed E-state index contributed by atoms with van der Waals surface area (Å²) < 4.78 is 65.8. The van der Waals surface area contributed by atoms with Gasteiger partial charge in [-0.3, -0.25) is 9.52 Å². The van der Waals surface area contributed by atoms with Gasteiger partial charge in [-0.05, 0) is 24.3 Å². The molecule has 0 aliphatic carbocycles. The minimum atomic E-state index is -4.84. The number of para-hydroxylation sites is 1. The van der Waals surface area contributed by atoms with E-state index in [1.165, 1.54) is 42.5 Å². The van der Waals surface area contributed by atoms with Crippen LogP contribution in [-0.4, -0.2) is 26.9 Å². The standard InChI is InChI=1S/C16H15F3N2O4S/c1-26(23,24)21-13-7-4-6-11(9-13)15(22)20-10-12-5-2-3-8-14(12)25-16(17,18)19/h2-9,21H,10H2,1H3,(H,20,22). The average Bonchev–Trinajstić information content (AvgIpc) is 2.51. The summed E-state index contributed by atoms with van der Waals surface area (Å²) in [7, 11) is -3.50. The van der Waals surface area contributed by atoms with Gasteiger partial charge in [-0.2, -0.15) is 0 Å². The molecule has 0 spiro atoms. The highest BCUT2D eigenvalue weighted by molar-refractivity contribution is 7.92. The Balaban J connectivity index is 2.09. The van der Waals surface area contributed by atoms with Gasteiger partial charge in [-0.1, -0.05) is 24.3 Å². The van der Waals surface area contributed by atoms with Crippen LogP contribution in [0.25, 0.3) is 0 Å². The van der Waals surface area contributed by atoms with Crippen molar-refractivity contribution in [3.63, 3.8) is 0 Å². The summed E-state index contributed by atoms with van der Waals surface area (Å²) in [5, 5.41) is 2.47. The fourth-order valence-corrected chi connectivity index (χ4v) is 2.64. The van der Waals surface area contributed by atoms with Crippen LogP contribution in [0.3, 0.4) is 0 Å². The van der Waals surface area contributed by atoms with Gasteiger partial charge in [-0.25, -0.2) is 8.42 Å². The number of nitrogens with one attached hydrogen (secondary N) is 2. The number of alkyl halides is 3. The molecular formula is C16H15F3N2O4S. The molecule has 26 heavy (non-hydrogen) atoms. The van der Waals surface area contributed by atoms with E-state index in [1.54, 1.807) is 0 Å². The SMILES string of the molecule is CS(=O)(=O)Nc1cccc(C(=O)NCc2ccccc2OC(F)(F)F)c1. The van der Waals surface area contributed by atoms with Crippen LogP contribution in [0.1, 0.15) is 15.9 Å². The fourth-order valence-electron chi connectivity index (χ4n) is 2.09. The number of rotatable bonds is 6. The van der Waals surface area contributed by atoms with Crippen molar-refractivity contribution < 1.29 is 31.1 Å². The molecular weight excluding hydrogens is 373 g/mol. The summed E-state index contributed by atoms with van der Waals surface area (Å²) in [4.78, 5) is 12.2. The molecule has 0 bridgehead atoms. The molecule has 0 radical (unpaired) electrons. The van der Waals surface area contributed by atoms with Crippen LogP contribution < -0.4 is 14.8 Å². The lowest BCUT2D eigenvalue weighted by Gasteiger charge is -2.14. The smallest absolute Gasteiger partial charge is 0.405 e. The zero-order valence-electron chi connectivity index (χ0n) is 13.5. The summed E-state index contributed by atoms with van der Waals surface area (Å²) in [5.74, 6) is -0.989. The number of anilines is 1. The minimum Gasteiger partial charge on any atom is -0.405 e. The maximum Gasteiger partial charge on any atom is 0.573 e. The normalized spacial score (nSPS) is 11.7. The molecule has 140 valence electrons. The second-order valence-corrected chi connectivity index (χ2v) is 7.04. The molecule has 10 heteroatoms. The van der Waals surface area contributed by atoms with E-state index in [0.717, 1.165) is 12.3 Å². The Hall–Kier alpha value is -2.75. The molecule has 2 N–H and O–H groups in total. The molecule has 0 fully saturated rings. The van der Waals surface area contributed by atoms with Crippen LogP contribution in [0, 0.1) is 0 Å².